The predicted octanol–water partition coefficient (Wildman–Crippen LogP) is 2.97. The van der Waals surface area contributed by atoms with Crippen LogP contribution < -0.4 is 11.0 Å². The minimum Gasteiger partial charge on any atom is -0.362 e. The highest BCUT2D eigenvalue weighted by Crippen LogP contribution is 2.21. The van der Waals surface area contributed by atoms with E-state index < -0.39 is 0 Å². The summed E-state index contributed by atoms with van der Waals surface area (Å²) in [5.74, 6) is 0.721. The molecule has 3 N–H and O–H groups in total. The third kappa shape index (κ3) is 2.55. The van der Waals surface area contributed by atoms with Gasteiger partial charge in [0.05, 0.1) is 34.3 Å². The van der Waals surface area contributed by atoms with E-state index in [0.29, 0.717) is 0 Å². The maximum absolute atomic E-state index is 11.3. The van der Waals surface area contributed by atoms with E-state index in [2.05, 4.69) is 25.3 Å². The van der Waals surface area contributed by atoms with Gasteiger partial charge in [-0.05, 0) is 36.8 Å². The van der Waals surface area contributed by atoms with Crippen molar-refractivity contribution < 1.29 is 0 Å². The summed E-state index contributed by atoms with van der Waals surface area (Å²) < 4.78 is 0. The third-order valence-electron chi connectivity index (χ3n) is 3.85. The molecule has 0 spiro atoms. The molecule has 0 fully saturated rings. The molecule has 4 rings (SSSR count). The molecule has 1 atom stereocenters. The number of aromatic nitrogens is 4. The van der Waals surface area contributed by atoms with Crippen molar-refractivity contribution >= 4 is 27.9 Å². The highest BCUT2D eigenvalue weighted by atomic mass is 16.1. The van der Waals surface area contributed by atoms with E-state index in [4.69, 9.17) is 0 Å². The Bertz CT molecular complexity index is 1050. The van der Waals surface area contributed by atoms with Gasteiger partial charge in [0.1, 0.15) is 5.82 Å². The van der Waals surface area contributed by atoms with Crippen LogP contribution in [-0.2, 0) is 0 Å². The smallest absolute Gasteiger partial charge is 0.323 e. The molecule has 2 heterocycles. The van der Waals surface area contributed by atoms with Crippen LogP contribution in [0.25, 0.3) is 22.1 Å². The van der Waals surface area contributed by atoms with Crippen molar-refractivity contribution in [3.8, 4) is 0 Å². The Balaban J connectivity index is 1.63. The number of anilines is 1. The fourth-order valence-electron chi connectivity index (χ4n) is 2.65. The van der Waals surface area contributed by atoms with Gasteiger partial charge in [0.2, 0.25) is 0 Å². The summed E-state index contributed by atoms with van der Waals surface area (Å²) in [6.45, 7) is 2.04. The number of hydrogen-bond acceptors (Lipinski definition) is 4. The SMILES string of the molecule is CC(Nc1cnc2ccccc2n1)c1ccc2[nH]c(=O)[nH]c2c1. The molecule has 2 aromatic carbocycles. The molecule has 114 valence electrons. The summed E-state index contributed by atoms with van der Waals surface area (Å²) in [6, 6.07) is 13.6. The zero-order chi connectivity index (χ0) is 15.8. The first-order valence-corrected chi connectivity index (χ1v) is 7.39. The average molecular weight is 305 g/mol. The number of imidazole rings is 1. The zero-order valence-corrected chi connectivity index (χ0v) is 12.5. The van der Waals surface area contributed by atoms with Gasteiger partial charge >= 0.3 is 5.69 Å². The van der Waals surface area contributed by atoms with Crippen molar-refractivity contribution in [2.45, 2.75) is 13.0 Å². The molecular formula is C17H15N5O. The number of fused-ring (bicyclic) bond motifs is 2. The molecule has 23 heavy (non-hydrogen) atoms. The molecule has 0 aliphatic carbocycles. The van der Waals surface area contributed by atoms with Crippen LogP contribution in [0.1, 0.15) is 18.5 Å². The lowest BCUT2D eigenvalue weighted by molar-refractivity contribution is 0.876. The Morgan fingerprint density at radius 2 is 1.83 bits per heavy atom. The second kappa shape index (κ2) is 5.24. The van der Waals surface area contributed by atoms with Crippen molar-refractivity contribution in [3.05, 3.63) is 64.7 Å². The zero-order valence-electron chi connectivity index (χ0n) is 12.5. The number of nitrogens with zero attached hydrogens (tertiary/aromatic N) is 2. The van der Waals surface area contributed by atoms with Crippen molar-refractivity contribution in [1.29, 1.82) is 0 Å². The first kappa shape index (κ1) is 13.5. The molecule has 0 amide bonds. The van der Waals surface area contributed by atoms with E-state index in [-0.39, 0.29) is 11.7 Å². The first-order valence-electron chi connectivity index (χ1n) is 7.39. The maximum Gasteiger partial charge on any atom is 0.323 e. The minimum atomic E-state index is -0.196. The molecule has 2 aromatic heterocycles. The molecular weight excluding hydrogens is 290 g/mol. The van der Waals surface area contributed by atoms with Crippen molar-refractivity contribution in [2.75, 3.05) is 5.32 Å². The van der Waals surface area contributed by atoms with Crippen molar-refractivity contribution in [2.24, 2.45) is 0 Å². The molecule has 1 unspecified atom stereocenters. The number of nitrogens with one attached hydrogen (secondary N) is 3. The lowest BCUT2D eigenvalue weighted by Crippen LogP contribution is -2.08. The van der Waals surface area contributed by atoms with E-state index in [9.17, 15) is 4.79 Å². The Labute approximate surface area is 131 Å². The minimum absolute atomic E-state index is 0.0354. The highest BCUT2D eigenvalue weighted by Gasteiger charge is 2.09. The largest absolute Gasteiger partial charge is 0.362 e. The number of hydrogen-bond donors (Lipinski definition) is 3. The summed E-state index contributed by atoms with van der Waals surface area (Å²) >= 11 is 0. The topological polar surface area (TPSA) is 86.5 Å². The molecule has 0 radical (unpaired) electrons. The molecule has 0 saturated heterocycles. The molecule has 4 aromatic rings. The summed E-state index contributed by atoms with van der Waals surface area (Å²) in [5.41, 5.74) is 4.19. The van der Waals surface area contributed by atoms with Gasteiger partial charge in [0, 0.05) is 0 Å². The summed E-state index contributed by atoms with van der Waals surface area (Å²) in [5, 5.41) is 3.35. The van der Waals surface area contributed by atoms with E-state index >= 15 is 0 Å². The number of H-pyrrole nitrogens is 2. The van der Waals surface area contributed by atoms with E-state index in [1.165, 1.54) is 0 Å². The van der Waals surface area contributed by atoms with Gasteiger partial charge in [0.15, 0.2) is 0 Å². The highest BCUT2D eigenvalue weighted by molar-refractivity contribution is 5.76. The van der Waals surface area contributed by atoms with Crippen LogP contribution in [0.2, 0.25) is 0 Å². The first-order chi connectivity index (χ1) is 11.2. The van der Waals surface area contributed by atoms with Crippen LogP contribution in [0.5, 0.6) is 0 Å². The fourth-order valence-corrected chi connectivity index (χ4v) is 2.65. The van der Waals surface area contributed by atoms with Gasteiger partial charge in [-0.25, -0.2) is 9.78 Å². The molecule has 6 nitrogen and oxygen atoms in total. The van der Waals surface area contributed by atoms with Crippen LogP contribution in [0.4, 0.5) is 5.82 Å². The number of benzene rings is 2. The standard InChI is InChI=1S/C17H15N5O/c1-10(11-6-7-14-15(8-11)22-17(23)21-14)19-16-9-18-12-4-2-3-5-13(12)20-16/h2-10H,1H3,(H,19,20)(H2,21,22,23). The molecule has 0 aliphatic heterocycles. The lowest BCUT2D eigenvalue weighted by Gasteiger charge is -2.15. The Morgan fingerprint density at radius 3 is 2.70 bits per heavy atom. The summed E-state index contributed by atoms with van der Waals surface area (Å²) in [7, 11) is 0. The number of rotatable bonds is 3. The van der Waals surface area contributed by atoms with Crippen LogP contribution in [0, 0.1) is 0 Å². The molecule has 6 heteroatoms. The normalized spacial score (nSPS) is 12.6. The van der Waals surface area contributed by atoms with E-state index in [1.54, 1.807) is 6.20 Å². The van der Waals surface area contributed by atoms with Crippen LogP contribution in [-0.4, -0.2) is 19.9 Å². The number of aromatic amines is 2. The van der Waals surface area contributed by atoms with Gasteiger partial charge in [-0.3, -0.25) is 4.98 Å². The van der Waals surface area contributed by atoms with Crippen LogP contribution in [0.3, 0.4) is 0 Å². The van der Waals surface area contributed by atoms with Gasteiger partial charge in [-0.15, -0.1) is 0 Å². The Hall–Kier alpha value is -3.15. The van der Waals surface area contributed by atoms with Crippen molar-refractivity contribution in [3.63, 3.8) is 0 Å². The summed E-state index contributed by atoms with van der Waals surface area (Å²) in [6.07, 6.45) is 1.73. The monoisotopic (exact) mass is 305 g/mol. The van der Waals surface area contributed by atoms with Crippen LogP contribution in [0.15, 0.2) is 53.5 Å². The lowest BCUT2D eigenvalue weighted by atomic mass is 10.1. The third-order valence-corrected chi connectivity index (χ3v) is 3.85. The van der Waals surface area contributed by atoms with Gasteiger partial charge in [-0.1, -0.05) is 18.2 Å². The molecule has 0 saturated carbocycles. The predicted molar refractivity (Wildman–Crippen MR) is 90.5 cm³/mol. The summed E-state index contributed by atoms with van der Waals surface area (Å²) in [4.78, 5) is 25.8. The van der Waals surface area contributed by atoms with Crippen molar-refractivity contribution in [1.82, 2.24) is 19.9 Å². The number of para-hydroxylation sites is 2. The van der Waals surface area contributed by atoms with E-state index in [1.807, 2.05) is 49.4 Å². The Kier molecular flexibility index (Phi) is 3.08. The Morgan fingerprint density at radius 1 is 1.04 bits per heavy atom. The second-order valence-electron chi connectivity index (χ2n) is 5.49. The van der Waals surface area contributed by atoms with Gasteiger partial charge < -0.3 is 15.3 Å². The van der Waals surface area contributed by atoms with Gasteiger partial charge in [-0.2, -0.15) is 0 Å². The quantitative estimate of drug-likeness (QED) is 0.543. The fraction of sp³-hybridized carbons (Fsp3) is 0.118. The van der Waals surface area contributed by atoms with E-state index in [0.717, 1.165) is 33.4 Å². The average Bonchev–Trinajstić information content (AvgIpc) is 2.93. The molecule has 0 bridgehead atoms. The maximum atomic E-state index is 11.3. The van der Waals surface area contributed by atoms with Gasteiger partial charge in [0.25, 0.3) is 0 Å². The molecule has 0 aliphatic rings. The second-order valence-corrected chi connectivity index (χ2v) is 5.49. The van der Waals surface area contributed by atoms with Crippen LogP contribution >= 0.6 is 0 Å².